The first-order valence-corrected chi connectivity index (χ1v) is 11.0. The molecule has 30 heavy (non-hydrogen) atoms. The summed E-state index contributed by atoms with van der Waals surface area (Å²) >= 11 is 0. The second-order valence-electron chi connectivity index (χ2n) is 8.95. The Labute approximate surface area is 176 Å². The third-order valence-electron chi connectivity index (χ3n) is 6.26. The zero-order valence-electron chi connectivity index (χ0n) is 17.0. The number of carbonyl (C=O) groups is 1. The van der Waals surface area contributed by atoms with Crippen molar-refractivity contribution in [1.29, 1.82) is 0 Å². The molecule has 0 bridgehead atoms. The number of ketones is 1. The summed E-state index contributed by atoms with van der Waals surface area (Å²) in [6, 6.07) is 12.5. The summed E-state index contributed by atoms with van der Waals surface area (Å²) in [5.74, 6) is 0.102. The maximum Gasteiger partial charge on any atom is 0.193 e. The minimum Gasteiger partial charge on any atom is -0.373 e. The molecule has 6 rings (SSSR count). The van der Waals surface area contributed by atoms with Crippen LogP contribution in [-0.4, -0.2) is 56.6 Å². The van der Waals surface area contributed by atoms with E-state index in [1.165, 1.54) is 11.1 Å². The average molecular weight is 406 g/mol. The Morgan fingerprint density at radius 1 is 0.633 bits per heavy atom. The Morgan fingerprint density at radius 2 is 1.00 bits per heavy atom. The van der Waals surface area contributed by atoms with E-state index in [9.17, 15) is 4.79 Å². The van der Waals surface area contributed by atoms with Crippen molar-refractivity contribution in [3.63, 3.8) is 0 Å². The van der Waals surface area contributed by atoms with Gasteiger partial charge in [-0.1, -0.05) is 36.4 Å². The van der Waals surface area contributed by atoms with Gasteiger partial charge in [0.25, 0.3) is 0 Å². The Balaban J connectivity index is 1.31. The summed E-state index contributed by atoms with van der Waals surface area (Å²) in [5, 5.41) is 0. The molecule has 4 saturated heterocycles. The van der Waals surface area contributed by atoms with E-state index in [0.29, 0.717) is 12.2 Å². The monoisotopic (exact) mass is 406 g/mol. The molecule has 0 aliphatic carbocycles. The van der Waals surface area contributed by atoms with Crippen molar-refractivity contribution in [3.05, 3.63) is 69.8 Å². The third-order valence-corrected chi connectivity index (χ3v) is 6.26. The Hall–Kier alpha value is -2.05. The SMILES string of the molecule is O=C(c1ccc(CC2CO2)cc1CC1CO1)c1ccc(CC2CO2)cc1CC1CO1. The molecule has 0 spiro atoms. The Morgan fingerprint density at radius 3 is 1.37 bits per heavy atom. The number of epoxide rings is 4. The van der Waals surface area contributed by atoms with Crippen LogP contribution >= 0.6 is 0 Å². The smallest absolute Gasteiger partial charge is 0.193 e. The minimum absolute atomic E-state index is 0.102. The normalized spacial score (nSPS) is 28.3. The van der Waals surface area contributed by atoms with E-state index in [1.54, 1.807) is 0 Å². The lowest BCUT2D eigenvalue weighted by molar-refractivity contribution is 0.103. The molecule has 0 amide bonds. The van der Waals surface area contributed by atoms with Crippen LogP contribution in [0, 0.1) is 0 Å². The van der Waals surface area contributed by atoms with Gasteiger partial charge < -0.3 is 18.9 Å². The van der Waals surface area contributed by atoms with E-state index < -0.39 is 0 Å². The van der Waals surface area contributed by atoms with Gasteiger partial charge in [0.15, 0.2) is 5.78 Å². The predicted octanol–water partition coefficient (Wildman–Crippen LogP) is 2.68. The fourth-order valence-electron chi connectivity index (χ4n) is 4.23. The van der Waals surface area contributed by atoms with Gasteiger partial charge in [0, 0.05) is 36.8 Å². The minimum atomic E-state index is 0.102. The highest BCUT2D eigenvalue weighted by atomic mass is 16.6. The van der Waals surface area contributed by atoms with Gasteiger partial charge in [-0.2, -0.15) is 0 Å². The van der Waals surface area contributed by atoms with Crippen molar-refractivity contribution in [1.82, 2.24) is 0 Å². The second-order valence-corrected chi connectivity index (χ2v) is 8.95. The second kappa shape index (κ2) is 7.57. The average Bonchev–Trinajstić information content (AvgIpc) is 3.55. The van der Waals surface area contributed by atoms with Crippen LogP contribution in [0.2, 0.25) is 0 Å². The maximum atomic E-state index is 13.7. The lowest BCUT2D eigenvalue weighted by Crippen LogP contribution is -2.12. The van der Waals surface area contributed by atoms with E-state index >= 15 is 0 Å². The largest absolute Gasteiger partial charge is 0.373 e. The summed E-state index contributed by atoms with van der Waals surface area (Å²) in [5.41, 5.74) is 6.23. The standard InChI is InChI=1S/C25H26O5/c26-25(23-3-1-15(7-19-11-27-19)5-17(23)9-21-13-29-21)24-4-2-16(8-20-12-28-20)6-18(24)10-22-14-30-22/h1-6,19-22H,7-14H2. The summed E-state index contributed by atoms with van der Waals surface area (Å²) in [6.07, 6.45) is 4.56. The Kier molecular flexibility index (Phi) is 4.72. The van der Waals surface area contributed by atoms with Crippen LogP contribution in [0.15, 0.2) is 36.4 Å². The van der Waals surface area contributed by atoms with Crippen molar-refractivity contribution < 1.29 is 23.7 Å². The van der Waals surface area contributed by atoms with Gasteiger partial charge in [0.2, 0.25) is 0 Å². The van der Waals surface area contributed by atoms with Gasteiger partial charge >= 0.3 is 0 Å². The Bertz CT molecular complexity index is 890. The van der Waals surface area contributed by atoms with Gasteiger partial charge in [-0.15, -0.1) is 0 Å². The van der Waals surface area contributed by atoms with E-state index in [4.69, 9.17) is 18.9 Å². The van der Waals surface area contributed by atoms with Crippen LogP contribution in [0.3, 0.4) is 0 Å². The fourth-order valence-corrected chi connectivity index (χ4v) is 4.23. The molecule has 4 unspecified atom stereocenters. The molecule has 0 radical (unpaired) electrons. The first kappa shape index (κ1) is 18.7. The van der Waals surface area contributed by atoms with Crippen LogP contribution in [-0.2, 0) is 44.6 Å². The highest BCUT2D eigenvalue weighted by Crippen LogP contribution is 2.28. The summed E-state index contributed by atoms with van der Waals surface area (Å²) in [6.45, 7) is 3.25. The fraction of sp³-hybridized carbons (Fsp3) is 0.480. The molecule has 2 aromatic carbocycles. The van der Waals surface area contributed by atoms with E-state index in [-0.39, 0.29) is 18.0 Å². The number of hydrogen-bond acceptors (Lipinski definition) is 5. The van der Waals surface area contributed by atoms with Gasteiger partial charge in [0.05, 0.1) is 50.8 Å². The van der Waals surface area contributed by atoms with E-state index in [0.717, 1.165) is 74.4 Å². The van der Waals surface area contributed by atoms with Gasteiger partial charge in [-0.3, -0.25) is 4.79 Å². The van der Waals surface area contributed by atoms with Crippen molar-refractivity contribution in [3.8, 4) is 0 Å². The molecule has 5 nitrogen and oxygen atoms in total. The highest BCUT2D eigenvalue weighted by molar-refractivity contribution is 6.11. The van der Waals surface area contributed by atoms with E-state index in [1.807, 2.05) is 12.1 Å². The first-order valence-electron chi connectivity index (χ1n) is 11.0. The van der Waals surface area contributed by atoms with Crippen LogP contribution in [0.25, 0.3) is 0 Å². The molecule has 4 heterocycles. The number of carbonyl (C=O) groups excluding carboxylic acids is 1. The molecule has 0 aromatic heterocycles. The molecule has 4 aliphatic rings. The van der Waals surface area contributed by atoms with Gasteiger partial charge in [-0.25, -0.2) is 0 Å². The summed E-state index contributed by atoms with van der Waals surface area (Å²) in [4.78, 5) is 13.7. The molecule has 156 valence electrons. The lowest BCUT2D eigenvalue weighted by Gasteiger charge is -2.14. The molecule has 4 aliphatic heterocycles. The van der Waals surface area contributed by atoms with Crippen molar-refractivity contribution in [2.45, 2.75) is 50.1 Å². The van der Waals surface area contributed by atoms with Crippen molar-refractivity contribution >= 4 is 5.78 Å². The molecule has 0 saturated carbocycles. The maximum absolute atomic E-state index is 13.7. The molecule has 4 fully saturated rings. The molecule has 2 aromatic rings. The zero-order chi connectivity index (χ0) is 20.1. The number of hydrogen-bond donors (Lipinski definition) is 0. The first-order chi connectivity index (χ1) is 14.7. The molecular formula is C25H26O5. The molecular weight excluding hydrogens is 380 g/mol. The van der Waals surface area contributed by atoms with Crippen molar-refractivity contribution in [2.24, 2.45) is 0 Å². The topological polar surface area (TPSA) is 67.2 Å². The lowest BCUT2D eigenvalue weighted by atomic mass is 9.89. The number of rotatable bonds is 10. The van der Waals surface area contributed by atoms with Gasteiger partial charge in [-0.05, 0) is 22.3 Å². The highest BCUT2D eigenvalue weighted by Gasteiger charge is 2.30. The molecule has 5 heteroatoms. The molecule has 0 N–H and O–H groups in total. The van der Waals surface area contributed by atoms with Crippen LogP contribution in [0.4, 0.5) is 0 Å². The third kappa shape index (κ3) is 4.49. The van der Waals surface area contributed by atoms with E-state index in [2.05, 4.69) is 24.3 Å². The van der Waals surface area contributed by atoms with Crippen LogP contribution in [0.1, 0.15) is 38.2 Å². The van der Waals surface area contributed by atoms with Crippen LogP contribution in [0.5, 0.6) is 0 Å². The summed E-state index contributed by atoms with van der Waals surface area (Å²) in [7, 11) is 0. The summed E-state index contributed by atoms with van der Waals surface area (Å²) < 4.78 is 21.7. The zero-order valence-corrected chi connectivity index (χ0v) is 17.0. The van der Waals surface area contributed by atoms with Gasteiger partial charge in [0.1, 0.15) is 0 Å². The number of benzene rings is 2. The van der Waals surface area contributed by atoms with Crippen LogP contribution < -0.4 is 0 Å². The van der Waals surface area contributed by atoms with Crippen molar-refractivity contribution in [2.75, 3.05) is 26.4 Å². The quantitative estimate of drug-likeness (QED) is 0.448. The number of ether oxygens (including phenoxy) is 4. The molecule has 4 atom stereocenters. The predicted molar refractivity (Wildman–Crippen MR) is 110 cm³/mol.